The first kappa shape index (κ1) is 20.9. The molecule has 28 heavy (non-hydrogen) atoms. The van der Waals surface area contributed by atoms with Crippen LogP contribution in [0, 0.1) is 0 Å². The standard InChI is InChI=1S/C22H27NO3S2/c1-17(2)28(25,26)20-10-8-18(9-11-20)16-22(24)23-13-12-21(27-15-14-23)19-6-4-3-5-7-19/h3-11,17,21H,12-16H2,1-2H3. The highest BCUT2D eigenvalue weighted by Crippen LogP contribution is 2.34. The van der Waals surface area contributed by atoms with E-state index in [4.69, 9.17) is 0 Å². The van der Waals surface area contributed by atoms with Crippen molar-refractivity contribution in [2.45, 2.75) is 42.1 Å². The Labute approximate surface area is 172 Å². The van der Waals surface area contributed by atoms with E-state index in [1.54, 1.807) is 38.1 Å². The third-order valence-corrected chi connectivity index (χ3v) is 8.59. The largest absolute Gasteiger partial charge is 0.342 e. The van der Waals surface area contributed by atoms with E-state index in [1.165, 1.54) is 5.56 Å². The van der Waals surface area contributed by atoms with Gasteiger partial charge in [-0.05, 0) is 43.5 Å². The van der Waals surface area contributed by atoms with E-state index in [0.29, 0.717) is 16.6 Å². The molecule has 1 fully saturated rings. The normalized spacial score (nSPS) is 18.1. The number of sulfone groups is 1. The number of hydrogen-bond acceptors (Lipinski definition) is 4. The first-order valence-electron chi connectivity index (χ1n) is 9.65. The first-order valence-corrected chi connectivity index (χ1v) is 12.2. The van der Waals surface area contributed by atoms with Gasteiger partial charge in [0.1, 0.15) is 0 Å². The van der Waals surface area contributed by atoms with Gasteiger partial charge in [0.15, 0.2) is 9.84 Å². The van der Waals surface area contributed by atoms with Crippen molar-refractivity contribution in [3.63, 3.8) is 0 Å². The molecule has 0 saturated carbocycles. The SMILES string of the molecule is CC(C)S(=O)(=O)c1ccc(CC(=O)N2CCSC(c3ccccc3)CC2)cc1. The van der Waals surface area contributed by atoms with Gasteiger partial charge in [-0.2, -0.15) is 11.8 Å². The van der Waals surface area contributed by atoms with Crippen LogP contribution < -0.4 is 0 Å². The second kappa shape index (κ2) is 9.14. The molecule has 6 heteroatoms. The fourth-order valence-corrected chi connectivity index (χ4v) is 5.60. The number of amides is 1. The lowest BCUT2D eigenvalue weighted by Crippen LogP contribution is -2.34. The summed E-state index contributed by atoms with van der Waals surface area (Å²) in [5.74, 6) is 1.03. The van der Waals surface area contributed by atoms with Gasteiger partial charge in [-0.3, -0.25) is 4.79 Å². The van der Waals surface area contributed by atoms with Crippen LogP contribution in [-0.4, -0.2) is 43.3 Å². The van der Waals surface area contributed by atoms with Gasteiger partial charge in [0.25, 0.3) is 0 Å². The lowest BCUT2D eigenvalue weighted by atomic mass is 10.1. The van der Waals surface area contributed by atoms with Crippen molar-refractivity contribution in [2.24, 2.45) is 0 Å². The van der Waals surface area contributed by atoms with Crippen LogP contribution in [0.15, 0.2) is 59.5 Å². The summed E-state index contributed by atoms with van der Waals surface area (Å²) in [4.78, 5) is 15.0. The molecule has 0 aliphatic carbocycles. The Morgan fingerprint density at radius 2 is 1.75 bits per heavy atom. The van der Waals surface area contributed by atoms with E-state index in [2.05, 4.69) is 24.3 Å². The Hall–Kier alpha value is -1.79. The minimum absolute atomic E-state index is 0.105. The second-order valence-corrected chi connectivity index (χ2v) is 11.2. The average molecular weight is 418 g/mol. The molecule has 2 aromatic rings. The molecule has 0 aromatic heterocycles. The van der Waals surface area contributed by atoms with E-state index >= 15 is 0 Å². The molecular formula is C22H27NO3S2. The van der Waals surface area contributed by atoms with Crippen molar-refractivity contribution in [1.29, 1.82) is 0 Å². The zero-order chi connectivity index (χ0) is 20.1. The Kier molecular flexibility index (Phi) is 6.83. The quantitative estimate of drug-likeness (QED) is 0.734. The fraction of sp³-hybridized carbons (Fsp3) is 0.409. The number of carbonyl (C=O) groups is 1. The smallest absolute Gasteiger partial charge is 0.227 e. The van der Waals surface area contributed by atoms with E-state index in [0.717, 1.165) is 30.8 Å². The molecule has 3 rings (SSSR count). The molecule has 150 valence electrons. The summed E-state index contributed by atoms with van der Waals surface area (Å²) in [5, 5.41) is -0.0216. The average Bonchev–Trinajstić information content (AvgIpc) is 2.95. The third-order valence-electron chi connectivity index (χ3n) is 5.09. The summed E-state index contributed by atoms with van der Waals surface area (Å²) >= 11 is 1.91. The second-order valence-electron chi connectivity index (χ2n) is 7.35. The molecule has 1 saturated heterocycles. The lowest BCUT2D eigenvalue weighted by molar-refractivity contribution is -0.130. The minimum Gasteiger partial charge on any atom is -0.342 e. The predicted octanol–water partition coefficient (Wildman–Crippen LogP) is 4.12. The summed E-state index contributed by atoms with van der Waals surface area (Å²) in [6, 6.07) is 17.2. The van der Waals surface area contributed by atoms with Gasteiger partial charge in [0, 0.05) is 24.1 Å². The molecule has 0 radical (unpaired) electrons. The molecule has 1 unspecified atom stereocenters. The molecule has 1 heterocycles. The molecule has 1 aliphatic rings. The lowest BCUT2D eigenvalue weighted by Gasteiger charge is -2.20. The maximum absolute atomic E-state index is 12.8. The monoisotopic (exact) mass is 417 g/mol. The molecular weight excluding hydrogens is 390 g/mol. The minimum atomic E-state index is -3.28. The molecule has 2 aromatic carbocycles. The van der Waals surface area contributed by atoms with Gasteiger partial charge >= 0.3 is 0 Å². The zero-order valence-corrected chi connectivity index (χ0v) is 18.0. The van der Waals surface area contributed by atoms with Crippen LogP contribution in [0.25, 0.3) is 0 Å². The fourth-order valence-electron chi connectivity index (χ4n) is 3.31. The topological polar surface area (TPSA) is 54.5 Å². The van der Waals surface area contributed by atoms with Crippen molar-refractivity contribution < 1.29 is 13.2 Å². The molecule has 1 atom stereocenters. The predicted molar refractivity (Wildman–Crippen MR) is 115 cm³/mol. The maximum Gasteiger partial charge on any atom is 0.227 e. The van der Waals surface area contributed by atoms with Gasteiger partial charge in [-0.1, -0.05) is 42.5 Å². The van der Waals surface area contributed by atoms with Crippen molar-refractivity contribution in [1.82, 2.24) is 4.90 Å². The van der Waals surface area contributed by atoms with Crippen LogP contribution in [0.3, 0.4) is 0 Å². The Balaban J connectivity index is 1.60. The van der Waals surface area contributed by atoms with E-state index in [9.17, 15) is 13.2 Å². The highest BCUT2D eigenvalue weighted by molar-refractivity contribution is 7.99. The van der Waals surface area contributed by atoms with Crippen LogP contribution in [-0.2, 0) is 21.1 Å². The van der Waals surface area contributed by atoms with Crippen LogP contribution in [0.2, 0.25) is 0 Å². The Morgan fingerprint density at radius 3 is 2.39 bits per heavy atom. The van der Waals surface area contributed by atoms with Crippen molar-refractivity contribution in [3.05, 3.63) is 65.7 Å². The van der Waals surface area contributed by atoms with E-state index < -0.39 is 15.1 Å². The number of carbonyl (C=O) groups excluding carboxylic acids is 1. The summed E-state index contributed by atoms with van der Waals surface area (Å²) in [6.45, 7) is 4.86. The van der Waals surface area contributed by atoms with Gasteiger partial charge in [0.2, 0.25) is 5.91 Å². The summed E-state index contributed by atoms with van der Waals surface area (Å²) in [7, 11) is -3.28. The highest BCUT2D eigenvalue weighted by atomic mass is 32.2. The molecule has 1 aliphatic heterocycles. The molecule has 1 amide bonds. The number of nitrogens with zero attached hydrogens (tertiary/aromatic N) is 1. The number of benzene rings is 2. The Morgan fingerprint density at radius 1 is 1.07 bits per heavy atom. The summed E-state index contributed by atoms with van der Waals surface area (Å²) < 4.78 is 24.4. The molecule has 0 N–H and O–H groups in total. The van der Waals surface area contributed by atoms with Gasteiger partial charge in [-0.15, -0.1) is 0 Å². The van der Waals surface area contributed by atoms with Crippen molar-refractivity contribution in [2.75, 3.05) is 18.8 Å². The van der Waals surface area contributed by atoms with E-state index in [-0.39, 0.29) is 5.91 Å². The van der Waals surface area contributed by atoms with Gasteiger partial charge < -0.3 is 4.90 Å². The van der Waals surface area contributed by atoms with Gasteiger partial charge in [-0.25, -0.2) is 8.42 Å². The third kappa shape index (κ3) is 4.97. The first-order chi connectivity index (χ1) is 13.4. The number of rotatable bonds is 5. The van der Waals surface area contributed by atoms with E-state index in [1.807, 2.05) is 22.7 Å². The van der Waals surface area contributed by atoms with Gasteiger partial charge in [0.05, 0.1) is 16.6 Å². The van der Waals surface area contributed by atoms with Crippen molar-refractivity contribution >= 4 is 27.5 Å². The van der Waals surface area contributed by atoms with Crippen LogP contribution in [0.1, 0.15) is 36.6 Å². The Bertz CT molecular complexity index is 893. The summed E-state index contributed by atoms with van der Waals surface area (Å²) in [5.41, 5.74) is 2.17. The van der Waals surface area contributed by atoms with Crippen LogP contribution >= 0.6 is 11.8 Å². The molecule has 0 spiro atoms. The van der Waals surface area contributed by atoms with Crippen LogP contribution in [0.5, 0.6) is 0 Å². The number of hydrogen-bond donors (Lipinski definition) is 0. The molecule has 4 nitrogen and oxygen atoms in total. The zero-order valence-electron chi connectivity index (χ0n) is 16.4. The maximum atomic E-state index is 12.8. The van der Waals surface area contributed by atoms with Crippen molar-refractivity contribution in [3.8, 4) is 0 Å². The number of thioether (sulfide) groups is 1. The molecule has 0 bridgehead atoms. The summed E-state index contributed by atoms with van der Waals surface area (Å²) in [6.07, 6.45) is 1.26. The highest BCUT2D eigenvalue weighted by Gasteiger charge is 2.23. The van der Waals surface area contributed by atoms with Crippen LogP contribution in [0.4, 0.5) is 0 Å².